The zero-order valence-electron chi connectivity index (χ0n) is 19.7. The first-order chi connectivity index (χ1) is 16.7. The molecular weight excluding hydrogens is 424 g/mol. The van der Waals surface area contributed by atoms with Gasteiger partial charge in [0.2, 0.25) is 0 Å². The summed E-state index contributed by atoms with van der Waals surface area (Å²) in [5.41, 5.74) is 2.21. The van der Waals surface area contributed by atoms with E-state index in [9.17, 15) is 4.79 Å². The fourth-order valence-corrected chi connectivity index (χ4v) is 4.01. The van der Waals surface area contributed by atoms with Crippen LogP contribution in [-0.2, 0) is 4.79 Å². The first kappa shape index (κ1) is 23.6. The maximum absolute atomic E-state index is 12.2. The summed E-state index contributed by atoms with van der Waals surface area (Å²) in [6.07, 6.45) is 2.69. The molecule has 0 radical (unpaired) electrons. The van der Waals surface area contributed by atoms with Crippen molar-refractivity contribution >= 4 is 17.5 Å². The largest absolute Gasteiger partial charge is 0.490 e. The topological polar surface area (TPSA) is 42.0 Å². The molecule has 1 aliphatic rings. The second-order valence-corrected chi connectivity index (χ2v) is 8.39. The molecule has 4 rings (SSSR count). The number of allylic oxidation sites excluding steroid dienone is 1. The van der Waals surface area contributed by atoms with E-state index in [0.717, 1.165) is 44.7 Å². The molecule has 0 saturated carbocycles. The van der Waals surface area contributed by atoms with Gasteiger partial charge in [0.05, 0.1) is 6.61 Å². The van der Waals surface area contributed by atoms with Crippen LogP contribution in [0.25, 0.3) is 6.08 Å². The van der Waals surface area contributed by atoms with Crippen LogP contribution in [0.4, 0.5) is 5.69 Å². The molecule has 5 nitrogen and oxygen atoms in total. The van der Waals surface area contributed by atoms with E-state index in [1.54, 1.807) is 6.08 Å². The number of para-hydroxylation sites is 3. The minimum Gasteiger partial charge on any atom is -0.490 e. The van der Waals surface area contributed by atoms with Gasteiger partial charge in [0, 0.05) is 45.3 Å². The normalized spacial score (nSPS) is 14.6. The highest BCUT2D eigenvalue weighted by Gasteiger charge is 2.17. The van der Waals surface area contributed by atoms with Gasteiger partial charge in [-0.05, 0) is 42.3 Å². The molecule has 0 amide bonds. The minimum atomic E-state index is -0.131. The van der Waals surface area contributed by atoms with Crippen molar-refractivity contribution in [3.05, 3.63) is 96.3 Å². The Morgan fingerprint density at radius 1 is 0.824 bits per heavy atom. The third-order valence-corrected chi connectivity index (χ3v) is 5.88. The molecule has 34 heavy (non-hydrogen) atoms. The number of benzene rings is 3. The van der Waals surface area contributed by atoms with Gasteiger partial charge in [-0.2, -0.15) is 0 Å². The third kappa shape index (κ3) is 6.72. The molecule has 1 fully saturated rings. The summed E-state index contributed by atoms with van der Waals surface area (Å²) in [5.74, 6) is 1.36. The summed E-state index contributed by atoms with van der Waals surface area (Å²) in [6, 6.07) is 27.8. The van der Waals surface area contributed by atoms with Gasteiger partial charge < -0.3 is 14.4 Å². The maximum Gasteiger partial charge on any atom is 0.194 e. The Kier molecular flexibility index (Phi) is 8.36. The Morgan fingerprint density at radius 2 is 1.44 bits per heavy atom. The van der Waals surface area contributed by atoms with Crippen LogP contribution in [0.15, 0.2) is 90.7 Å². The van der Waals surface area contributed by atoms with E-state index in [1.165, 1.54) is 12.6 Å². The Labute approximate surface area is 202 Å². The Hall–Kier alpha value is -3.57. The van der Waals surface area contributed by atoms with Crippen molar-refractivity contribution in [1.29, 1.82) is 0 Å². The summed E-state index contributed by atoms with van der Waals surface area (Å²) in [6.45, 7) is 7.30. The summed E-state index contributed by atoms with van der Waals surface area (Å²) in [7, 11) is 0. The molecule has 1 saturated heterocycles. The lowest BCUT2D eigenvalue weighted by atomic mass is 10.2. The predicted molar refractivity (Wildman–Crippen MR) is 137 cm³/mol. The number of carbonyl (C=O) groups is 1. The SMILES string of the molecule is CC(=O)C(=Cc1ccccc1)Oc1ccccc1OCCCN1CCN(c2ccccc2)CC1. The number of nitrogens with zero attached hydrogens (tertiary/aromatic N) is 2. The Bertz CT molecular complexity index is 1070. The fourth-order valence-electron chi connectivity index (χ4n) is 4.01. The quantitative estimate of drug-likeness (QED) is 0.236. The fraction of sp³-hybridized carbons (Fsp3) is 0.276. The van der Waals surface area contributed by atoms with Crippen molar-refractivity contribution in [2.75, 3.05) is 44.2 Å². The molecular formula is C29H32N2O3. The number of hydrogen-bond donors (Lipinski definition) is 0. The average Bonchev–Trinajstić information content (AvgIpc) is 2.88. The summed E-state index contributed by atoms with van der Waals surface area (Å²) < 4.78 is 12.0. The van der Waals surface area contributed by atoms with Gasteiger partial charge in [-0.3, -0.25) is 9.69 Å². The maximum atomic E-state index is 12.2. The molecule has 0 unspecified atom stereocenters. The lowest BCUT2D eigenvalue weighted by Crippen LogP contribution is -2.46. The molecule has 3 aromatic rings. The van der Waals surface area contributed by atoms with Crippen LogP contribution in [-0.4, -0.2) is 50.0 Å². The number of anilines is 1. The zero-order valence-corrected chi connectivity index (χ0v) is 19.7. The van der Waals surface area contributed by atoms with Gasteiger partial charge in [0.25, 0.3) is 0 Å². The van der Waals surface area contributed by atoms with Crippen molar-refractivity contribution in [3.63, 3.8) is 0 Å². The summed E-state index contributed by atoms with van der Waals surface area (Å²) >= 11 is 0. The van der Waals surface area contributed by atoms with E-state index in [4.69, 9.17) is 9.47 Å². The molecule has 0 N–H and O–H groups in total. The third-order valence-electron chi connectivity index (χ3n) is 5.88. The van der Waals surface area contributed by atoms with Gasteiger partial charge >= 0.3 is 0 Å². The molecule has 176 valence electrons. The lowest BCUT2D eigenvalue weighted by molar-refractivity contribution is -0.115. The Balaban J connectivity index is 1.27. The highest BCUT2D eigenvalue weighted by Crippen LogP contribution is 2.29. The van der Waals surface area contributed by atoms with Crippen LogP contribution in [0.5, 0.6) is 11.5 Å². The van der Waals surface area contributed by atoms with Crippen LogP contribution < -0.4 is 14.4 Å². The predicted octanol–water partition coefficient (Wildman–Crippen LogP) is 5.29. The first-order valence-electron chi connectivity index (χ1n) is 11.9. The van der Waals surface area contributed by atoms with Crippen molar-refractivity contribution in [2.24, 2.45) is 0 Å². The van der Waals surface area contributed by atoms with Gasteiger partial charge in [0.15, 0.2) is 23.0 Å². The molecule has 0 spiro atoms. The molecule has 0 aromatic heterocycles. The summed E-state index contributed by atoms with van der Waals surface area (Å²) in [5, 5.41) is 0. The summed E-state index contributed by atoms with van der Waals surface area (Å²) in [4.78, 5) is 17.1. The number of Topliss-reactive ketones (excluding diaryl/α,β-unsaturated/α-hetero) is 1. The van der Waals surface area contributed by atoms with E-state index >= 15 is 0 Å². The standard InChI is InChI=1S/C29H32N2O3/c1-24(32)29(23-25-11-4-2-5-12-25)34-28-16-9-8-15-27(28)33-22-10-17-30-18-20-31(21-19-30)26-13-6-3-7-14-26/h2-9,11-16,23H,10,17-22H2,1H3. The first-order valence-corrected chi connectivity index (χ1v) is 11.9. The molecule has 1 heterocycles. The molecule has 0 atom stereocenters. The Morgan fingerprint density at radius 3 is 2.12 bits per heavy atom. The highest BCUT2D eigenvalue weighted by atomic mass is 16.5. The molecule has 5 heteroatoms. The van der Waals surface area contributed by atoms with Crippen LogP contribution in [0.2, 0.25) is 0 Å². The number of hydrogen-bond acceptors (Lipinski definition) is 5. The van der Waals surface area contributed by atoms with Gasteiger partial charge in [-0.15, -0.1) is 0 Å². The average molecular weight is 457 g/mol. The highest BCUT2D eigenvalue weighted by molar-refractivity contribution is 5.96. The number of piperazine rings is 1. The van der Waals surface area contributed by atoms with Crippen molar-refractivity contribution < 1.29 is 14.3 Å². The molecule has 0 bridgehead atoms. The van der Waals surface area contributed by atoms with E-state index in [1.807, 2.05) is 54.6 Å². The van der Waals surface area contributed by atoms with Crippen LogP contribution >= 0.6 is 0 Å². The number of rotatable bonds is 10. The van der Waals surface area contributed by atoms with Gasteiger partial charge in [0.1, 0.15) is 0 Å². The smallest absolute Gasteiger partial charge is 0.194 e. The second-order valence-electron chi connectivity index (χ2n) is 8.39. The van der Waals surface area contributed by atoms with Crippen molar-refractivity contribution in [2.45, 2.75) is 13.3 Å². The van der Waals surface area contributed by atoms with Crippen LogP contribution in [0.1, 0.15) is 18.9 Å². The number of ketones is 1. The number of ether oxygens (including phenoxy) is 2. The number of carbonyl (C=O) groups excluding carboxylic acids is 1. The van der Waals surface area contributed by atoms with E-state index in [-0.39, 0.29) is 5.78 Å². The van der Waals surface area contributed by atoms with Crippen LogP contribution in [0.3, 0.4) is 0 Å². The molecule has 3 aromatic carbocycles. The zero-order chi connectivity index (χ0) is 23.6. The lowest BCUT2D eigenvalue weighted by Gasteiger charge is -2.36. The van der Waals surface area contributed by atoms with Crippen LogP contribution in [0, 0.1) is 0 Å². The van der Waals surface area contributed by atoms with Crippen molar-refractivity contribution in [1.82, 2.24) is 4.90 Å². The van der Waals surface area contributed by atoms with Gasteiger partial charge in [-0.25, -0.2) is 0 Å². The van der Waals surface area contributed by atoms with E-state index in [0.29, 0.717) is 23.9 Å². The minimum absolute atomic E-state index is 0.131. The van der Waals surface area contributed by atoms with Crippen molar-refractivity contribution in [3.8, 4) is 11.5 Å². The molecule has 0 aliphatic carbocycles. The molecule has 1 aliphatic heterocycles. The van der Waals surface area contributed by atoms with Gasteiger partial charge in [-0.1, -0.05) is 60.7 Å². The second kappa shape index (κ2) is 12.1. The van der Waals surface area contributed by atoms with E-state index in [2.05, 4.69) is 40.1 Å². The van der Waals surface area contributed by atoms with E-state index < -0.39 is 0 Å². The monoisotopic (exact) mass is 456 g/mol.